The molecule has 0 saturated heterocycles. The Bertz CT molecular complexity index is 1000. The maximum atomic E-state index is 12.0. The lowest BCUT2D eigenvalue weighted by molar-refractivity contribution is 0.0690. The van der Waals surface area contributed by atoms with E-state index in [9.17, 15) is 9.90 Å². The smallest absolute Gasteiger partial charge is 0.287 e. The number of amides is 1. The van der Waals surface area contributed by atoms with Crippen molar-refractivity contribution in [2.45, 2.75) is 71.8 Å². The third-order valence-electron chi connectivity index (χ3n) is 5.04. The molecule has 4 N–H and O–H groups in total. The number of imidazole rings is 1. The van der Waals surface area contributed by atoms with Crippen LogP contribution >= 0.6 is 0 Å². The molecule has 0 radical (unpaired) electrons. The van der Waals surface area contributed by atoms with E-state index in [0.29, 0.717) is 11.0 Å². The van der Waals surface area contributed by atoms with E-state index in [0.717, 1.165) is 23.4 Å². The van der Waals surface area contributed by atoms with Gasteiger partial charge in [-0.2, -0.15) is 5.26 Å². The van der Waals surface area contributed by atoms with Crippen molar-refractivity contribution in [3.63, 3.8) is 0 Å². The summed E-state index contributed by atoms with van der Waals surface area (Å²) in [6, 6.07) is 4.10. The van der Waals surface area contributed by atoms with Crippen LogP contribution in [0.1, 0.15) is 76.8 Å². The minimum Gasteiger partial charge on any atom is -0.389 e. The molecule has 0 bridgehead atoms. The van der Waals surface area contributed by atoms with Gasteiger partial charge >= 0.3 is 0 Å². The Morgan fingerprint density at radius 3 is 2.68 bits per heavy atom. The molecule has 168 valence electrons. The third kappa shape index (κ3) is 7.07. The molecular formula is C23H34N6O2. The second-order valence-electron chi connectivity index (χ2n) is 8.21. The molecule has 1 amide bonds. The van der Waals surface area contributed by atoms with E-state index in [1.165, 1.54) is 32.1 Å². The van der Waals surface area contributed by atoms with Crippen LogP contribution in [0.4, 0.5) is 0 Å². The standard InChI is InChI=1S/C13H15N5O2.C8H13N.C2H6/c1-13(2,20)6-16-12(19)11-17-8-5-15-10-7(3-4-14-10)9(8)18-11;9-7-6-8-4-2-1-3-5-8;1-2/h3-5,20H,6H2,1-2H3,(H,14,15)(H,16,19)(H,17,18);8H,1-6H2;1-2H3. The first-order valence-corrected chi connectivity index (χ1v) is 11.1. The first-order valence-electron chi connectivity index (χ1n) is 11.1. The minimum absolute atomic E-state index is 0.153. The molecule has 3 heterocycles. The zero-order chi connectivity index (χ0) is 22.9. The predicted molar refractivity (Wildman–Crippen MR) is 123 cm³/mol. The number of pyridine rings is 1. The van der Waals surface area contributed by atoms with Gasteiger partial charge in [0.2, 0.25) is 0 Å². The van der Waals surface area contributed by atoms with Gasteiger partial charge in [0.15, 0.2) is 5.82 Å². The maximum absolute atomic E-state index is 12.0. The van der Waals surface area contributed by atoms with Gasteiger partial charge in [-0.25, -0.2) is 9.97 Å². The average Bonchev–Trinajstić information content (AvgIpc) is 3.41. The van der Waals surface area contributed by atoms with Crippen LogP contribution in [-0.4, -0.2) is 43.1 Å². The van der Waals surface area contributed by atoms with Crippen LogP contribution in [0.2, 0.25) is 0 Å². The van der Waals surface area contributed by atoms with Gasteiger partial charge in [-0.15, -0.1) is 0 Å². The molecule has 0 aliphatic heterocycles. The fourth-order valence-electron chi connectivity index (χ4n) is 3.48. The molecule has 0 atom stereocenters. The van der Waals surface area contributed by atoms with E-state index < -0.39 is 5.60 Å². The van der Waals surface area contributed by atoms with Crippen molar-refractivity contribution in [2.24, 2.45) is 5.92 Å². The highest BCUT2D eigenvalue weighted by Gasteiger charge is 2.18. The Kier molecular flexibility index (Phi) is 9.01. The van der Waals surface area contributed by atoms with Crippen molar-refractivity contribution < 1.29 is 9.90 Å². The average molecular weight is 427 g/mol. The summed E-state index contributed by atoms with van der Waals surface area (Å²) in [6.07, 6.45) is 10.9. The van der Waals surface area contributed by atoms with Gasteiger partial charge in [-0.3, -0.25) is 4.79 Å². The van der Waals surface area contributed by atoms with Gasteiger partial charge in [0, 0.05) is 24.5 Å². The van der Waals surface area contributed by atoms with Crippen LogP contribution in [0.5, 0.6) is 0 Å². The van der Waals surface area contributed by atoms with E-state index in [-0.39, 0.29) is 18.3 Å². The van der Waals surface area contributed by atoms with Crippen molar-refractivity contribution in [1.29, 1.82) is 5.26 Å². The number of aromatic amines is 2. The fourth-order valence-corrected chi connectivity index (χ4v) is 3.48. The molecule has 3 aromatic heterocycles. The molecule has 31 heavy (non-hydrogen) atoms. The largest absolute Gasteiger partial charge is 0.389 e. The summed E-state index contributed by atoms with van der Waals surface area (Å²) in [5, 5.41) is 21.5. The molecule has 0 unspecified atom stereocenters. The van der Waals surface area contributed by atoms with Gasteiger partial charge in [0.25, 0.3) is 5.91 Å². The Morgan fingerprint density at radius 1 is 1.32 bits per heavy atom. The zero-order valence-electron chi connectivity index (χ0n) is 19.0. The van der Waals surface area contributed by atoms with Crippen LogP contribution in [0.25, 0.3) is 22.1 Å². The lowest BCUT2D eigenvalue weighted by Gasteiger charge is -2.17. The molecule has 3 aromatic rings. The van der Waals surface area contributed by atoms with Crippen molar-refractivity contribution in [1.82, 2.24) is 25.3 Å². The lowest BCUT2D eigenvalue weighted by Crippen LogP contribution is -2.38. The minimum atomic E-state index is -0.961. The lowest BCUT2D eigenvalue weighted by atomic mass is 9.87. The Morgan fingerprint density at radius 2 is 2.03 bits per heavy atom. The number of aliphatic hydroxyl groups is 1. The van der Waals surface area contributed by atoms with E-state index in [1.54, 1.807) is 26.2 Å². The zero-order valence-corrected chi connectivity index (χ0v) is 19.0. The monoisotopic (exact) mass is 426 g/mol. The molecule has 8 heteroatoms. The predicted octanol–water partition coefficient (Wildman–Crippen LogP) is 4.45. The summed E-state index contributed by atoms with van der Waals surface area (Å²) in [6.45, 7) is 7.40. The molecule has 1 aliphatic rings. The summed E-state index contributed by atoms with van der Waals surface area (Å²) in [4.78, 5) is 26.5. The number of carbonyl (C=O) groups is 1. The number of nitrogens with zero attached hydrogens (tertiary/aromatic N) is 3. The van der Waals surface area contributed by atoms with E-state index >= 15 is 0 Å². The number of hydrogen-bond donors (Lipinski definition) is 4. The Hall–Kier alpha value is -2.92. The second kappa shape index (κ2) is 11.5. The second-order valence-corrected chi connectivity index (χ2v) is 8.21. The summed E-state index contributed by atoms with van der Waals surface area (Å²) >= 11 is 0. The van der Waals surface area contributed by atoms with Crippen LogP contribution in [-0.2, 0) is 0 Å². The Balaban J connectivity index is 0.000000261. The number of nitrogens with one attached hydrogen (secondary N) is 3. The number of fused-ring (bicyclic) bond motifs is 3. The van der Waals surface area contributed by atoms with Crippen molar-refractivity contribution in [3.05, 3.63) is 24.3 Å². The van der Waals surface area contributed by atoms with Crippen LogP contribution < -0.4 is 5.32 Å². The van der Waals surface area contributed by atoms with E-state index in [1.807, 2.05) is 19.9 Å². The first kappa shape index (κ1) is 24.4. The van der Waals surface area contributed by atoms with Crippen molar-refractivity contribution >= 4 is 28.0 Å². The number of carbonyl (C=O) groups excluding carboxylic acids is 1. The quantitative estimate of drug-likeness (QED) is 0.490. The first-order chi connectivity index (χ1) is 14.9. The summed E-state index contributed by atoms with van der Waals surface area (Å²) < 4.78 is 0. The molecular weight excluding hydrogens is 392 g/mol. The number of nitriles is 1. The SMILES string of the molecule is CC.CC(C)(O)CNC(=O)c1nc2c(cnc3[nH]ccc32)[nH]1.N#CCC1CCCCC1. The van der Waals surface area contributed by atoms with E-state index in [4.69, 9.17) is 5.26 Å². The van der Waals surface area contributed by atoms with Gasteiger partial charge in [0.1, 0.15) is 11.2 Å². The van der Waals surface area contributed by atoms with E-state index in [2.05, 4.69) is 31.3 Å². The highest BCUT2D eigenvalue weighted by atomic mass is 16.3. The molecule has 4 rings (SSSR count). The maximum Gasteiger partial charge on any atom is 0.287 e. The highest BCUT2D eigenvalue weighted by Crippen LogP contribution is 2.25. The van der Waals surface area contributed by atoms with Crippen LogP contribution in [0.15, 0.2) is 18.5 Å². The number of H-pyrrole nitrogens is 2. The molecule has 0 aromatic carbocycles. The summed E-state index contributed by atoms with van der Waals surface area (Å²) in [7, 11) is 0. The van der Waals surface area contributed by atoms with Crippen molar-refractivity contribution in [3.8, 4) is 6.07 Å². The molecule has 0 spiro atoms. The summed E-state index contributed by atoms with van der Waals surface area (Å²) in [5.41, 5.74) is 1.17. The van der Waals surface area contributed by atoms with Crippen LogP contribution in [0.3, 0.4) is 0 Å². The van der Waals surface area contributed by atoms with Gasteiger partial charge in [-0.05, 0) is 38.7 Å². The third-order valence-corrected chi connectivity index (χ3v) is 5.04. The van der Waals surface area contributed by atoms with Crippen molar-refractivity contribution in [2.75, 3.05) is 6.54 Å². The molecule has 8 nitrogen and oxygen atoms in total. The molecule has 1 fully saturated rings. The normalized spacial score (nSPS) is 14.2. The van der Waals surface area contributed by atoms with Gasteiger partial charge in [-0.1, -0.05) is 33.1 Å². The number of hydrogen-bond acceptors (Lipinski definition) is 5. The molecule has 1 saturated carbocycles. The highest BCUT2D eigenvalue weighted by molar-refractivity contribution is 6.03. The molecule has 1 aliphatic carbocycles. The summed E-state index contributed by atoms with van der Waals surface area (Å²) in [5.74, 6) is 0.593. The van der Waals surface area contributed by atoms with Crippen LogP contribution in [0, 0.1) is 17.2 Å². The van der Waals surface area contributed by atoms with Gasteiger partial charge in [0.05, 0.1) is 23.4 Å². The van der Waals surface area contributed by atoms with Gasteiger partial charge < -0.3 is 20.4 Å². The number of aromatic nitrogens is 4. The Labute approximate surface area is 183 Å². The topological polar surface area (TPSA) is 130 Å². The number of rotatable bonds is 4. The fraction of sp³-hybridized carbons (Fsp3) is 0.565.